The van der Waals surface area contributed by atoms with E-state index in [1.165, 1.54) is 30.9 Å². The summed E-state index contributed by atoms with van der Waals surface area (Å²) < 4.78 is 10.6. The van der Waals surface area contributed by atoms with E-state index in [1.807, 2.05) is 0 Å². The van der Waals surface area contributed by atoms with Gasteiger partial charge in [0, 0.05) is 13.0 Å². The van der Waals surface area contributed by atoms with Crippen molar-refractivity contribution in [1.29, 1.82) is 0 Å². The topological polar surface area (TPSA) is 96.3 Å². The summed E-state index contributed by atoms with van der Waals surface area (Å²) in [6, 6.07) is 3.28. The molecule has 0 aromatic heterocycles. The van der Waals surface area contributed by atoms with Crippen LogP contribution < -0.4 is 9.47 Å². The van der Waals surface area contributed by atoms with E-state index >= 15 is 0 Å². The third kappa shape index (κ3) is 5.24. The molecular weight excluding hydrogens is 390 g/mol. The van der Waals surface area contributed by atoms with Crippen LogP contribution in [0.25, 0.3) is 6.08 Å². The highest BCUT2D eigenvalue weighted by molar-refractivity contribution is 8.26. The zero-order valence-electron chi connectivity index (χ0n) is 14.8. The first-order valence-corrected chi connectivity index (χ1v) is 9.18. The second-order valence-electron chi connectivity index (χ2n) is 5.49. The van der Waals surface area contributed by atoms with Crippen LogP contribution in [0.1, 0.15) is 18.4 Å². The smallest absolute Gasteiger partial charge is 0.303 e. The molecule has 0 spiro atoms. The standard InChI is InChI=1S/C18H19NO6S2/c1-24-12-9-11(10-13(25-2)16(12)22)5-3-6-14-17(23)19(18(26)27-14)8-4-7-15(20)21/h3,5-6,9-10,22H,4,7-8H2,1-2H3,(H,20,21)/b5-3-,14-6-. The van der Waals surface area contributed by atoms with Gasteiger partial charge in [-0.15, -0.1) is 0 Å². The van der Waals surface area contributed by atoms with Crippen LogP contribution in [0.2, 0.25) is 0 Å². The molecule has 1 aliphatic heterocycles. The number of rotatable bonds is 8. The van der Waals surface area contributed by atoms with Gasteiger partial charge in [0.1, 0.15) is 4.32 Å². The monoisotopic (exact) mass is 409 g/mol. The van der Waals surface area contributed by atoms with Gasteiger partial charge in [-0.3, -0.25) is 14.5 Å². The van der Waals surface area contributed by atoms with Crippen molar-refractivity contribution in [3.8, 4) is 17.2 Å². The highest BCUT2D eigenvalue weighted by Crippen LogP contribution is 2.37. The lowest BCUT2D eigenvalue weighted by Gasteiger charge is -2.13. The molecule has 0 unspecified atom stereocenters. The molecule has 1 aromatic carbocycles. The number of thioether (sulfide) groups is 1. The van der Waals surface area contributed by atoms with Crippen LogP contribution >= 0.6 is 24.0 Å². The molecule has 144 valence electrons. The summed E-state index contributed by atoms with van der Waals surface area (Å²) in [7, 11) is 2.88. The Kier molecular flexibility index (Phi) is 7.26. The molecule has 2 N–H and O–H groups in total. The van der Waals surface area contributed by atoms with E-state index in [1.54, 1.807) is 30.4 Å². The third-order valence-corrected chi connectivity index (χ3v) is 5.08. The van der Waals surface area contributed by atoms with Crippen LogP contribution in [-0.2, 0) is 9.59 Å². The molecule has 1 amide bonds. The van der Waals surface area contributed by atoms with E-state index in [0.29, 0.717) is 15.6 Å². The highest BCUT2D eigenvalue weighted by atomic mass is 32.2. The molecule has 0 radical (unpaired) electrons. The number of phenolic OH excluding ortho intramolecular Hbond substituents is 1. The van der Waals surface area contributed by atoms with Crippen LogP contribution in [0, 0.1) is 0 Å². The fraction of sp³-hybridized carbons (Fsp3) is 0.278. The van der Waals surface area contributed by atoms with Gasteiger partial charge < -0.3 is 19.7 Å². The minimum Gasteiger partial charge on any atom is -0.502 e. The van der Waals surface area contributed by atoms with Gasteiger partial charge in [-0.1, -0.05) is 36.1 Å². The van der Waals surface area contributed by atoms with Crippen molar-refractivity contribution in [3.63, 3.8) is 0 Å². The van der Waals surface area contributed by atoms with E-state index in [4.69, 9.17) is 26.8 Å². The first-order valence-electron chi connectivity index (χ1n) is 7.96. The molecule has 1 aliphatic rings. The molecule has 7 nitrogen and oxygen atoms in total. The normalized spacial score (nSPS) is 15.8. The molecule has 0 bridgehead atoms. The van der Waals surface area contributed by atoms with E-state index in [-0.39, 0.29) is 36.1 Å². The van der Waals surface area contributed by atoms with Gasteiger partial charge in [0.15, 0.2) is 11.5 Å². The molecule has 1 fully saturated rings. The van der Waals surface area contributed by atoms with Gasteiger partial charge in [0.25, 0.3) is 5.91 Å². The second kappa shape index (κ2) is 9.43. The lowest BCUT2D eigenvalue weighted by atomic mass is 10.1. The van der Waals surface area contributed by atoms with Gasteiger partial charge in [0.05, 0.1) is 19.1 Å². The van der Waals surface area contributed by atoms with Crippen molar-refractivity contribution in [2.45, 2.75) is 12.8 Å². The van der Waals surface area contributed by atoms with Gasteiger partial charge in [-0.2, -0.15) is 0 Å². The highest BCUT2D eigenvalue weighted by Gasteiger charge is 2.31. The Hall–Kier alpha value is -2.52. The zero-order chi connectivity index (χ0) is 20.0. The summed E-state index contributed by atoms with van der Waals surface area (Å²) in [6.45, 7) is 0.282. The molecule has 1 aromatic rings. The summed E-state index contributed by atoms with van der Waals surface area (Å²) in [5.41, 5.74) is 0.717. The first-order chi connectivity index (χ1) is 12.9. The van der Waals surface area contributed by atoms with Crippen LogP contribution in [-0.4, -0.2) is 52.1 Å². The van der Waals surface area contributed by atoms with Crippen molar-refractivity contribution in [1.82, 2.24) is 4.90 Å². The number of hydrogen-bond donors (Lipinski definition) is 2. The van der Waals surface area contributed by atoms with E-state index in [9.17, 15) is 14.7 Å². The second-order valence-corrected chi connectivity index (χ2v) is 7.16. The Morgan fingerprint density at radius 2 is 1.93 bits per heavy atom. The number of ether oxygens (including phenoxy) is 2. The summed E-state index contributed by atoms with van der Waals surface area (Å²) in [5, 5.41) is 18.6. The van der Waals surface area contributed by atoms with E-state index in [2.05, 4.69) is 0 Å². The number of carbonyl (C=O) groups excluding carboxylic acids is 1. The average Bonchev–Trinajstić information content (AvgIpc) is 2.90. The minimum absolute atomic E-state index is 0.0134. The van der Waals surface area contributed by atoms with Crippen LogP contribution in [0.3, 0.4) is 0 Å². The van der Waals surface area contributed by atoms with E-state index in [0.717, 1.165) is 5.56 Å². The number of allylic oxidation sites excluding steroid dienone is 2. The fourth-order valence-electron chi connectivity index (χ4n) is 2.35. The minimum atomic E-state index is -0.904. The first kappa shape index (κ1) is 20.8. The molecular formula is C18H19NO6S2. The number of carboxylic acids is 1. The number of benzene rings is 1. The van der Waals surface area contributed by atoms with Crippen molar-refractivity contribution >= 4 is 46.3 Å². The van der Waals surface area contributed by atoms with Gasteiger partial charge >= 0.3 is 5.97 Å². The number of methoxy groups -OCH3 is 2. The molecule has 0 saturated carbocycles. The Bertz CT molecular complexity index is 793. The number of aliphatic carboxylic acids is 1. The molecule has 1 heterocycles. The average molecular weight is 409 g/mol. The maximum absolute atomic E-state index is 12.4. The molecule has 1 saturated heterocycles. The van der Waals surface area contributed by atoms with Crippen LogP contribution in [0.5, 0.6) is 17.2 Å². The van der Waals surface area contributed by atoms with Crippen molar-refractivity contribution in [2.24, 2.45) is 0 Å². The van der Waals surface area contributed by atoms with Crippen LogP contribution in [0.4, 0.5) is 0 Å². The Morgan fingerprint density at radius 1 is 1.30 bits per heavy atom. The summed E-state index contributed by atoms with van der Waals surface area (Å²) in [4.78, 5) is 24.8. The maximum Gasteiger partial charge on any atom is 0.303 e. The predicted molar refractivity (Wildman–Crippen MR) is 107 cm³/mol. The molecule has 0 atom stereocenters. The maximum atomic E-state index is 12.4. The molecule has 0 aliphatic carbocycles. The third-order valence-electron chi connectivity index (χ3n) is 3.68. The SMILES string of the molecule is COc1cc(/C=C\C=C2/SC(=S)N(CCCC(=O)O)C2=O)cc(OC)c1O. The molecule has 27 heavy (non-hydrogen) atoms. The van der Waals surface area contributed by atoms with Gasteiger partial charge in [0.2, 0.25) is 5.75 Å². The van der Waals surface area contributed by atoms with E-state index < -0.39 is 5.97 Å². The Balaban J connectivity index is 2.10. The largest absolute Gasteiger partial charge is 0.502 e. The Labute approximate surface area is 166 Å². The predicted octanol–water partition coefficient (Wildman–Crippen LogP) is 3.03. The van der Waals surface area contributed by atoms with Crippen LogP contribution in [0.15, 0.2) is 29.2 Å². The summed E-state index contributed by atoms with van der Waals surface area (Å²) >= 11 is 6.37. The van der Waals surface area contributed by atoms with Gasteiger partial charge in [-0.25, -0.2) is 0 Å². The number of hydrogen-bond acceptors (Lipinski definition) is 7. The Morgan fingerprint density at radius 3 is 2.48 bits per heavy atom. The van der Waals surface area contributed by atoms with Crippen molar-refractivity contribution < 1.29 is 29.3 Å². The number of carboxylic acid groups (broad SMARTS) is 1. The molecule has 2 rings (SSSR count). The van der Waals surface area contributed by atoms with Crippen molar-refractivity contribution in [2.75, 3.05) is 20.8 Å². The lowest BCUT2D eigenvalue weighted by molar-refractivity contribution is -0.137. The quantitative estimate of drug-likeness (QED) is 0.500. The number of nitrogens with zero attached hydrogens (tertiary/aromatic N) is 1. The molecule has 9 heteroatoms. The number of phenols is 1. The number of aromatic hydroxyl groups is 1. The number of carbonyl (C=O) groups is 2. The summed E-state index contributed by atoms with van der Waals surface area (Å²) in [6.07, 6.45) is 5.40. The summed E-state index contributed by atoms with van der Waals surface area (Å²) in [5.74, 6) is -0.670. The lowest BCUT2D eigenvalue weighted by Crippen LogP contribution is -2.29. The number of amides is 1. The van der Waals surface area contributed by atoms with Crippen molar-refractivity contribution in [3.05, 3.63) is 34.8 Å². The van der Waals surface area contributed by atoms with Gasteiger partial charge in [-0.05, 0) is 30.2 Å². The number of thiocarbonyl (C=S) groups is 1. The fourth-order valence-corrected chi connectivity index (χ4v) is 3.61. The zero-order valence-corrected chi connectivity index (χ0v) is 16.4.